The van der Waals surface area contributed by atoms with Gasteiger partial charge >= 0.3 is 0 Å². The minimum absolute atomic E-state index is 0.128. The first-order chi connectivity index (χ1) is 17.0. The Morgan fingerprint density at radius 2 is 1.31 bits per heavy atom. The second-order valence-corrected chi connectivity index (χ2v) is 8.97. The number of fused-ring (bicyclic) bond motifs is 1. The predicted octanol–water partition coefficient (Wildman–Crippen LogP) is 6.82. The molecule has 0 aliphatic rings. The van der Waals surface area contributed by atoms with Gasteiger partial charge in [0.25, 0.3) is 5.91 Å². The van der Waals surface area contributed by atoms with Gasteiger partial charge in [-0.25, -0.2) is 9.97 Å². The predicted molar refractivity (Wildman–Crippen MR) is 142 cm³/mol. The van der Waals surface area contributed by atoms with E-state index >= 15 is 0 Å². The average molecular weight is 458 g/mol. The van der Waals surface area contributed by atoms with Crippen LogP contribution >= 0.6 is 0 Å². The molecule has 4 aromatic carbocycles. The summed E-state index contributed by atoms with van der Waals surface area (Å²) >= 11 is 0. The minimum Gasteiger partial charge on any atom is -0.348 e. The number of amides is 1. The van der Waals surface area contributed by atoms with E-state index in [-0.39, 0.29) is 5.91 Å². The Hall–Kier alpha value is -4.31. The molecule has 172 valence electrons. The highest BCUT2D eigenvalue weighted by molar-refractivity contribution is 5.98. The molecule has 1 aromatic heterocycles. The van der Waals surface area contributed by atoms with Crippen LogP contribution in [0.2, 0.25) is 0 Å². The summed E-state index contributed by atoms with van der Waals surface area (Å²) in [5, 5.41) is 3.03. The van der Waals surface area contributed by atoms with Gasteiger partial charge in [0.1, 0.15) is 0 Å². The first kappa shape index (κ1) is 22.5. The number of aromatic nitrogens is 2. The highest BCUT2D eigenvalue weighted by atomic mass is 16.1. The van der Waals surface area contributed by atoms with E-state index in [0.717, 1.165) is 44.7 Å². The van der Waals surface area contributed by atoms with Crippen molar-refractivity contribution in [3.63, 3.8) is 0 Å². The van der Waals surface area contributed by atoms with Gasteiger partial charge in [-0.05, 0) is 62.2 Å². The third-order valence-electron chi connectivity index (χ3n) is 6.21. The first-order valence-electron chi connectivity index (χ1n) is 11.8. The van der Waals surface area contributed by atoms with Crippen molar-refractivity contribution in [2.75, 3.05) is 0 Å². The third kappa shape index (κ3) is 4.82. The lowest BCUT2D eigenvalue weighted by Crippen LogP contribution is -2.23. The fourth-order valence-corrected chi connectivity index (χ4v) is 4.27. The van der Waals surface area contributed by atoms with Crippen molar-refractivity contribution in [2.45, 2.75) is 27.3 Å². The summed E-state index contributed by atoms with van der Waals surface area (Å²) in [5.74, 6) is -0.128. The zero-order chi connectivity index (χ0) is 24.4. The van der Waals surface area contributed by atoms with Crippen LogP contribution in [0.4, 0.5) is 0 Å². The number of benzene rings is 4. The quantitative estimate of drug-likeness (QED) is 0.315. The highest BCUT2D eigenvalue weighted by Crippen LogP contribution is 2.32. The van der Waals surface area contributed by atoms with Crippen molar-refractivity contribution >= 4 is 16.9 Å². The molecule has 5 rings (SSSR count). The molecule has 0 saturated heterocycles. The zero-order valence-electron chi connectivity index (χ0n) is 20.2. The Morgan fingerprint density at radius 3 is 1.94 bits per heavy atom. The lowest BCUT2D eigenvalue weighted by Gasteiger charge is -2.13. The largest absolute Gasteiger partial charge is 0.348 e. The van der Waals surface area contributed by atoms with Gasteiger partial charge in [0, 0.05) is 23.2 Å². The topological polar surface area (TPSA) is 54.9 Å². The molecule has 0 bridgehead atoms. The van der Waals surface area contributed by atoms with E-state index in [1.165, 1.54) is 5.56 Å². The van der Waals surface area contributed by atoms with Gasteiger partial charge in [0.15, 0.2) is 0 Å². The SMILES string of the molecule is Cc1cccc(-c2nc3ccc(C(=O)NCc4ccccc4C)cc3nc2-c2cccc(C)c2)c1. The molecule has 1 heterocycles. The van der Waals surface area contributed by atoms with Gasteiger partial charge in [0.2, 0.25) is 0 Å². The van der Waals surface area contributed by atoms with Crippen LogP contribution in [0, 0.1) is 20.8 Å². The molecule has 4 nitrogen and oxygen atoms in total. The molecule has 35 heavy (non-hydrogen) atoms. The van der Waals surface area contributed by atoms with Crippen molar-refractivity contribution in [3.8, 4) is 22.5 Å². The highest BCUT2D eigenvalue weighted by Gasteiger charge is 2.15. The molecule has 0 atom stereocenters. The van der Waals surface area contributed by atoms with Crippen molar-refractivity contribution < 1.29 is 4.79 Å². The Kier molecular flexibility index (Phi) is 6.11. The zero-order valence-corrected chi connectivity index (χ0v) is 20.2. The van der Waals surface area contributed by atoms with Crippen LogP contribution in [0.1, 0.15) is 32.6 Å². The number of carbonyl (C=O) groups excluding carboxylic acids is 1. The molecule has 1 N–H and O–H groups in total. The van der Waals surface area contributed by atoms with Crippen LogP contribution < -0.4 is 5.32 Å². The molecule has 1 amide bonds. The molecule has 0 unspecified atom stereocenters. The van der Waals surface area contributed by atoms with Crippen LogP contribution in [0.3, 0.4) is 0 Å². The fraction of sp³-hybridized carbons (Fsp3) is 0.129. The maximum absolute atomic E-state index is 12.9. The van der Waals surface area contributed by atoms with Gasteiger partial charge in [-0.1, -0.05) is 71.8 Å². The lowest BCUT2D eigenvalue weighted by molar-refractivity contribution is 0.0951. The first-order valence-corrected chi connectivity index (χ1v) is 11.8. The summed E-state index contributed by atoms with van der Waals surface area (Å²) in [4.78, 5) is 23.0. The monoisotopic (exact) mass is 457 g/mol. The van der Waals surface area contributed by atoms with Crippen LogP contribution in [-0.4, -0.2) is 15.9 Å². The molecule has 0 fully saturated rings. The molecule has 5 aromatic rings. The maximum atomic E-state index is 12.9. The van der Waals surface area contributed by atoms with Gasteiger partial charge in [-0.3, -0.25) is 4.79 Å². The Morgan fingerprint density at radius 1 is 0.686 bits per heavy atom. The maximum Gasteiger partial charge on any atom is 0.251 e. The van der Waals surface area contributed by atoms with Crippen LogP contribution in [-0.2, 0) is 6.54 Å². The molecule has 4 heteroatoms. The van der Waals surface area contributed by atoms with E-state index in [0.29, 0.717) is 17.6 Å². The van der Waals surface area contributed by atoms with Crippen molar-refractivity contribution in [2.24, 2.45) is 0 Å². The number of nitrogens with zero attached hydrogens (tertiary/aromatic N) is 2. The van der Waals surface area contributed by atoms with Crippen LogP contribution in [0.5, 0.6) is 0 Å². The Balaban J connectivity index is 1.56. The van der Waals surface area contributed by atoms with Gasteiger partial charge < -0.3 is 5.32 Å². The number of carbonyl (C=O) groups is 1. The molecular formula is C31H27N3O. The van der Waals surface area contributed by atoms with Crippen LogP contribution in [0.15, 0.2) is 91.0 Å². The molecule has 0 saturated carbocycles. The molecular weight excluding hydrogens is 430 g/mol. The number of hydrogen-bond donors (Lipinski definition) is 1. The molecule has 0 spiro atoms. The summed E-state index contributed by atoms with van der Waals surface area (Å²) in [6, 6.07) is 30.2. The smallest absolute Gasteiger partial charge is 0.251 e. The molecule has 0 aliphatic carbocycles. The Labute approximate surface area is 205 Å². The number of aryl methyl sites for hydroxylation is 3. The van der Waals surface area contributed by atoms with E-state index in [4.69, 9.17) is 9.97 Å². The van der Waals surface area contributed by atoms with Crippen molar-refractivity contribution in [3.05, 3.63) is 119 Å². The second kappa shape index (κ2) is 9.51. The number of nitrogens with one attached hydrogen (secondary N) is 1. The average Bonchev–Trinajstić information content (AvgIpc) is 2.87. The third-order valence-corrected chi connectivity index (χ3v) is 6.21. The van der Waals surface area contributed by atoms with Crippen LogP contribution in [0.25, 0.3) is 33.5 Å². The minimum atomic E-state index is -0.128. The van der Waals surface area contributed by atoms with Gasteiger partial charge in [-0.2, -0.15) is 0 Å². The normalized spacial score (nSPS) is 10.9. The van der Waals surface area contributed by atoms with Gasteiger partial charge in [0.05, 0.1) is 22.4 Å². The standard InChI is InChI=1S/C31H27N3O/c1-20-8-6-12-23(16-20)29-30(24-13-7-9-21(2)17-24)34-28-18-25(14-15-27(28)33-29)31(35)32-19-26-11-5-4-10-22(26)3/h4-18H,19H2,1-3H3,(H,32,35). The number of hydrogen-bond acceptors (Lipinski definition) is 3. The summed E-state index contributed by atoms with van der Waals surface area (Å²) < 4.78 is 0. The van der Waals surface area contributed by atoms with E-state index in [9.17, 15) is 4.79 Å². The Bertz CT molecular complexity index is 1550. The lowest BCUT2D eigenvalue weighted by atomic mass is 10.0. The summed E-state index contributed by atoms with van der Waals surface area (Å²) in [6.45, 7) is 6.68. The van der Waals surface area contributed by atoms with E-state index in [1.807, 2.05) is 61.5 Å². The molecule has 0 aliphatic heterocycles. The summed E-state index contributed by atoms with van der Waals surface area (Å²) in [5.41, 5.74) is 10.3. The summed E-state index contributed by atoms with van der Waals surface area (Å²) in [7, 11) is 0. The van der Waals surface area contributed by atoms with E-state index < -0.39 is 0 Å². The van der Waals surface area contributed by atoms with Crippen molar-refractivity contribution in [1.82, 2.24) is 15.3 Å². The number of rotatable bonds is 5. The van der Waals surface area contributed by atoms with E-state index in [2.05, 4.69) is 55.6 Å². The van der Waals surface area contributed by atoms with E-state index in [1.54, 1.807) is 0 Å². The summed E-state index contributed by atoms with van der Waals surface area (Å²) in [6.07, 6.45) is 0. The van der Waals surface area contributed by atoms with Gasteiger partial charge in [-0.15, -0.1) is 0 Å². The second-order valence-electron chi connectivity index (χ2n) is 8.97. The molecule has 0 radical (unpaired) electrons. The fourth-order valence-electron chi connectivity index (χ4n) is 4.27. The van der Waals surface area contributed by atoms with Crippen molar-refractivity contribution in [1.29, 1.82) is 0 Å².